The van der Waals surface area contributed by atoms with Crippen molar-refractivity contribution in [3.8, 4) is 11.5 Å². The fraction of sp³-hybridized carbons (Fsp3) is 0.190. The van der Waals surface area contributed by atoms with Gasteiger partial charge in [-0.05, 0) is 47.5 Å². The van der Waals surface area contributed by atoms with Gasteiger partial charge in [-0.3, -0.25) is 4.79 Å². The molecule has 0 unspecified atom stereocenters. The second kappa shape index (κ2) is 10.3. The van der Waals surface area contributed by atoms with E-state index < -0.39 is 42.4 Å². The van der Waals surface area contributed by atoms with Gasteiger partial charge >= 0.3 is 25.1 Å². The lowest BCUT2D eigenvalue weighted by Gasteiger charge is -2.16. The molecule has 0 saturated heterocycles. The number of carbonyl (C=O) groups is 1. The van der Waals surface area contributed by atoms with Crippen molar-refractivity contribution in [3.05, 3.63) is 71.8 Å². The van der Waals surface area contributed by atoms with Crippen molar-refractivity contribution < 1.29 is 49.4 Å². The summed E-state index contributed by atoms with van der Waals surface area (Å²) in [6, 6.07) is 9.15. The Balaban J connectivity index is 1.93. The second-order valence-corrected chi connectivity index (χ2v) is 6.14. The van der Waals surface area contributed by atoms with Crippen LogP contribution in [0, 0.1) is 0 Å². The number of ketones is 1. The standard InChI is InChI=1S/C21H14F8O3/c22-18(23)20(26,27)31-16-9-3-13(4-10-16)1-7-15(30)8-2-14-5-11-17(12-6-14)32-21(28,29)19(24)25/h1-12,18-19H. The van der Waals surface area contributed by atoms with Gasteiger partial charge in [0, 0.05) is 0 Å². The highest BCUT2D eigenvalue weighted by Gasteiger charge is 2.44. The molecule has 0 amide bonds. The van der Waals surface area contributed by atoms with E-state index in [2.05, 4.69) is 9.47 Å². The zero-order valence-corrected chi connectivity index (χ0v) is 15.8. The Kier molecular flexibility index (Phi) is 8.01. The van der Waals surface area contributed by atoms with Gasteiger partial charge in [-0.25, -0.2) is 0 Å². The summed E-state index contributed by atoms with van der Waals surface area (Å²) in [7, 11) is 0. The van der Waals surface area contributed by atoms with E-state index in [1.165, 1.54) is 36.4 Å². The normalized spacial score (nSPS) is 12.8. The second-order valence-electron chi connectivity index (χ2n) is 6.14. The Morgan fingerprint density at radius 3 is 1.25 bits per heavy atom. The number of carbonyl (C=O) groups excluding carboxylic acids is 1. The summed E-state index contributed by atoms with van der Waals surface area (Å²) >= 11 is 0. The van der Waals surface area contributed by atoms with Gasteiger partial charge in [-0.1, -0.05) is 36.4 Å². The largest absolute Gasteiger partial charge is 0.461 e. The number of halogens is 8. The number of allylic oxidation sites excluding steroid dienone is 2. The van der Waals surface area contributed by atoms with Gasteiger partial charge in [-0.2, -0.15) is 35.1 Å². The Labute approximate surface area is 176 Å². The van der Waals surface area contributed by atoms with Crippen LogP contribution in [0.3, 0.4) is 0 Å². The van der Waals surface area contributed by atoms with Gasteiger partial charge in [0.2, 0.25) is 0 Å². The number of rotatable bonds is 10. The van der Waals surface area contributed by atoms with E-state index in [1.807, 2.05) is 0 Å². The highest BCUT2D eigenvalue weighted by Crippen LogP contribution is 2.28. The average Bonchev–Trinajstić information content (AvgIpc) is 2.72. The molecule has 0 aromatic heterocycles. The molecule has 0 N–H and O–H groups in total. The number of ether oxygens (including phenoxy) is 2. The lowest BCUT2D eigenvalue weighted by Crippen LogP contribution is -2.33. The van der Waals surface area contributed by atoms with Crippen LogP contribution in [0.5, 0.6) is 11.5 Å². The summed E-state index contributed by atoms with van der Waals surface area (Å²) in [6.07, 6.45) is -12.3. The third kappa shape index (κ3) is 7.40. The van der Waals surface area contributed by atoms with Crippen LogP contribution in [0.2, 0.25) is 0 Å². The average molecular weight is 466 g/mol. The molecule has 2 aromatic carbocycles. The predicted molar refractivity (Wildman–Crippen MR) is 99.1 cm³/mol. The van der Waals surface area contributed by atoms with E-state index in [1.54, 1.807) is 0 Å². The maximum absolute atomic E-state index is 12.8. The van der Waals surface area contributed by atoms with E-state index in [4.69, 9.17) is 0 Å². The van der Waals surface area contributed by atoms with E-state index in [-0.39, 0.29) is 0 Å². The highest BCUT2D eigenvalue weighted by molar-refractivity contribution is 6.04. The molecule has 3 nitrogen and oxygen atoms in total. The molecule has 0 aliphatic rings. The van der Waals surface area contributed by atoms with Gasteiger partial charge in [0.1, 0.15) is 11.5 Å². The first kappa shape index (κ1) is 24.9. The monoisotopic (exact) mass is 466 g/mol. The molecule has 0 heterocycles. The molecule has 0 bridgehead atoms. The molecule has 32 heavy (non-hydrogen) atoms. The Hall–Kier alpha value is -3.37. The Morgan fingerprint density at radius 1 is 0.656 bits per heavy atom. The van der Waals surface area contributed by atoms with Crippen LogP contribution in [-0.4, -0.2) is 30.9 Å². The third-order valence-electron chi connectivity index (χ3n) is 3.66. The minimum Gasteiger partial charge on any atom is -0.428 e. The predicted octanol–water partition coefficient (Wildman–Crippen LogP) is 6.46. The summed E-state index contributed by atoms with van der Waals surface area (Å²) in [5.41, 5.74) is 0.779. The Bertz CT molecular complexity index is 875. The van der Waals surface area contributed by atoms with E-state index in [0.29, 0.717) is 11.1 Å². The Morgan fingerprint density at radius 2 is 0.969 bits per heavy atom. The highest BCUT2D eigenvalue weighted by atomic mass is 19.3. The van der Waals surface area contributed by atoms with Crippen LogP contribution in [0.4, 0.5) is 35.1 Å². The van der Waals surface area contributed by atoms with Crippen LogP contribution in [0.25, 0.3) is 12.2 Å². The topological polar surface area (TPSA) is 35.5 Å². The number of hydrogen-bond donors (Lipinski definition) is 0. The van der Waals surface area contributed by atoms with Crippen LogP contribution in [0.15, 0.2) is 60.7 Å². The SMILES string of the molecule is O=C(C=Cc1ccc(OC(F)(F)C(F)F)cc1)C=Cc1ccc(OC(F)(F)C(F)F)cc1. The maximum Gasteiger partial charge on any atom is 0.461 e. The summed E-state index contributed by atoms with van der Waals surface area (Å²) in [4.78, 5) is 11.9. The van der Waals surface area contributed by atoms with E-state index >= 15 is 0 Å². The number of alkyl halides is 8. The number of hydrogen-bond acceptors (Lipinski definition) is 3. The minimum atomic E-state index is -4.63. The van der Waals surface area contributed by atoms with Crippen molar-refractivity contribution in [2.75, 3.05) is 0 Å². The van der Waals surface area contributed by atoms with Crippen LogP contribution in [-0.2, 0) is 4.79 Å². The summed E-state index contributed by atoms with van der Waals surface area (Å²) in [5, 5.41) is 0. The van der Waals surface area contributed by atoms with Crippen molar-refractivity contribution >= 4 is 17.9 Å². The van der Waals surface area contributed by atoms with E-state index in [9.17, 15) is 39.9 Å². The first-order chi connectivity index (χ1) is 14.9. The zero-order valence-electron chi connectivity index (χ0n) is 15.8. The first-order valence-corrected chi connectivity index (χ1v) is 8.69. The lowest BCUT2D eigenvalue weighted by atomic mass is 10.1. The molecule has 0 spiro atoms. The maximum atomic E-state index is 12.8. The number of benzene rings is 2. The van der Waals surface area contributed by atoms with Crippen LogP contribution in [0.1, 0.15) is 11.1 Å². The molecule has 0 fully saturated rings. The first-order valence-electron chi connectivity index (χ1n) is 8.69. The molecule has 0 aliphatic heterocycles. The van der Waals surface area contributed by atoms with Crippen molar-refractivity contribution in [2.24, 2.45) is 0 Å². The lowest BCUT2D eigenvalue weighted by molar-refractivity contribution is -0.253. The van der Waals surface area contributed by atoms with Gasteiger partial charge in [-0.15, -0.1) is 0 Å². The van der Waals surface area contributed by atoms with Gasteiger partial charge in [0.15, 0.2) is 5.78 Å². The molecule has 0 radical (unpaired) electrons. The molecule has 2 aromatic rings. The fourth-order valence-corrected chi connectivity index (χ4v) is 2.11. The fourth-order valence-electron chi connectivity index (χ4n) is 2.11. The molecular weight excluding hydrogens is 452 g/mol. The molecule has 0 aliphatic carbocycles. The van der Waals surface area contributed by atoms with Gasteiger partial charge in [0.25, 0.3) is 0 Å². The summed E-state index contributed by atoms with van der Waals surface area (Å²) in [5.74, 6) is -1.48. The molecule has 2 rings (SSSR count). The minimum absolute atomic E-state index is 0.390. The summed E-state index contributed by atoms with van der Waals surface area (Å²) in [6.45, 7) is 0. The summed E-state index contributed by atoms with van der Waals surface area (Å²) < 4.78 is 108. The van der Waals surface area contributed by atoms with Crippen LogP contribution < -0.4 is 9.47 Å². The van der Waals surface area contributed by atoms with Gasteiger partial charge in [0.05, 0.1) is 0 Å². The van der Waals surface area contributed by atoms with E-state index in [0.717, 1.165) is 36.4 Å². The van der Waals surface area contributed by atoms with Crippen molar-refractivity contribution in [2.45, 2.75) is 25.1 Å². The van der Waals surface area contributed by atoms with Crippen molar-refractivity contribution in [3.63, 3.8) is 0 Å². The van der Waals surface area contributed by atoms with Crippen LogP contribution >= 0.6 is 0 Å². The van der Waals surface area contributed by atoms with Gasteiger partial charge < -0.3 is 9.47 Å². The molecular formula is C21H14F8O3. The molecule has 0 saturated carbocycles. The van der Waals surface area contributed by atoms with Crippen molar-refractivity contribution in [1.82, 2.24) is 0 Å². The molecule has 0 atom stereocenters. The smallest absolute Gasteiger partial charge is 0.428 e. The quantitative estimate of drug-likeness (QED) is 0.298. The molecule has 172 valence electrons. The third-order valence-corrected chi connectivity index (χ3v) is 3.66. The molecule has 11 heteroatoms. The van der Waals surface area contributed by atoms with Crippen molar-refractivity contribution in [1.29, 1.82) is 0 Å². The zero-order chi connectivity index (χ0) is 23.9.